The highest BCUT2D eigenvalue weighted by atomic mass is 19.1. The van der Waals surface area contributed by atoms with Gasteiger partial charge in [-0.05, 0) is 57.7 Å². The molecular formula is C25H22FN7. The summed E-state index contributed by atoms with van der Waals surface area (Å²) in [7, 11) is 0. The van der Waals surface area contributed by atoms with Crippen LogP contribution in [0.4, 0.5) is 15.9 Å². The molecule has 1 aliphatic rings. The third-order valence-electron chi connectivity index (χ3n) is 5.90. The van der Waals surface area contributed by atoms with Crippen molar-refractivity contribution >= 4 is 28.2 Å². The average molecular weight is 439 g/mol. The van der Waals surface area contributed by atoms with Gasteiger partial charge in [-0.1, -0.05) is 17.9 Å². The van der Waals surface area contributed by atoms with Gasteiger partial charge in [0.05, 0.1) is 29.4 Å². The van der Waals surface area contributed by atoms with Crippen molar-refractivity contribution in [3.05, 3.63) is 53.4 Å². The molecule has 0 fully saturated rings. The Balaban J connectivity index is 1.76. The van der Waals surface area contributed by atoms with Gasteiger partial charge in [-0.25, -0.2) is 4.39 Å². The highest BCUT2D eigenvalue weighted by molar-refractivity contribution is 5.94. The third-order valence-corrected chi connectivity index (χ3v) is 5.90. The van der Waals surface area contributed by atoms with Gasteiger partial charge in [0.1, 0.15) is 17.1 Å². The van der Waals surface area contributed by atoms with Crippen LogP contribution in [0.3, 0.4) is 0 Å². The number of nitrogens with zero attached hydrogens (tertiary/aromatic N) is 7. The molecule has 33 heavy (non-hydrogen) atoms. The Labute approximate surface area is 190 Å². The Morgan fingerprint density at radius 3 is 2.82 bits per heavy atom. The molecule has 1 aliphatic heterocycles. The summed E-state index contributed by atoms with van der Waals surface area (Å²) >= 11 is 0. The first kappa shape index (κ1) is 20.8. The van der Waals surface area contributed by atoms with Gasteiger partial charge in [0, 0.05) is 17.8 Å². The second kappa shape index (κ2) is 7.83. The van der Waals surface area contributed by atoms with E-state index in [2.05, 4.69) is 38.0 Å². The molecule has 8 heteroatoms. The molecule has 164 valence electrons. The van der Waals surface area contributed by atoms with Crippen LogP contribution in [0.1, 0.15) is 43.6 Å². The lowest BCUT2D eigenvalue weighted by Gasteiger charge is -2.26. The number of halogens is 1. The molecule has 0 saturated carbocycles. The highest BCUT2D eigenvalue weighted by Gasteiger charge is 2.25. The number of aryl methyl sites for hydroxylation is 1. The third kappa shape index (κ3) is 3.54. The van der Waals surface area contributed by atoms with Crippen LogP contribution >= 0.6 is 0 Å². The second-order valence-electron chi connectivity index (χ2n) is 8.73. The molecule has 0 bridgehead atoms. The molecule has 0 amide bonds. The molecule has 0 aliphatic carbocycles. The largest absolute Gasteiger partial charge is 0.325 e. The van der Waals surface area contributed by atoms with E-state index < -0.39 is 11.2 Å². The topological polar surface area (TPSA) is 83.0 Å². The number of pyridine rings is 1. The van der Waals surface area contributed by atoms with Gasteiger partial charge < -0.3 is 4.90 Å². The maximum absolute atomic E-state index is 15.2. The van der Waals surface area contributed by atoms with E-state index in [0.29, 0.717) is 34.9 Å². The molecule has 0 atom stereocenters. The lowest BCUT2D eigenvalue weighted by molar-refractivity contribution is 0.632. The number of anilines is 2. The summed E-state index contributed by atoms with van der Waals surface area (Å²) in [6, 6.07) is 8.17. The van der Waals surface area contributed by atoms with E-state index >= 15 is 4.39 Å². The Hall–Kier alpha value is -4.04. The van der Waals surface area contributed by atoms with Gasteiger partial charge in [-0.15, -0.1) is 10.2 Å². The summed E-state index contributed by atoms with van der Waals surface area (Å²) in [6.07, 6.45) is 5.56. The summed E-state index contributed by atoms with van der Waals surface area (Å²) in [5.74, 6) is 7.37. The van der Waals surface area contributed by atoms with Gasteiger partial charge in [0.15, 0.2) is 5.82 Å². The second-order valence-corrected chi connectivity index (χ2v) is 8.73. The van der Waals surface area contributed by atoms with Crippen molar-refractivity contribution in [3.8, 4) is 17.9 Å². The molecule has 5 rings (SSSR count). The van der Waals surface area contributed by atoms with Crippen LogP contribution < -0.4 is 4.90 Å². The predicted molar refractivity (Wildman–Crippen MR) is 123 cm³/mol. The van der Waals surface area contributed by atoms with E-state index in [0.717, 1.165) is 36.1 Å². The van der Waals surface area contributed by atoms with Crippen LogP contribution in [-0.2, 0) is 6.42 Å². The number of benzene rings is 1. The van der Waals surface area contributed by atoms with Crippen LogP contribution in [0.15, 0.2) is 30.6 Å². The minimum absolute atomic E-state index is 0.385. The van der Waals surface area contributed by atoms with Crippen molar-refractivity contribution in [1.82, 2.24) is 24.6 Å². The quantitative estimate of drug-likeness (QED) is 0.406. The van der Waals surface area contributed by atoms with E-state index in [1.807, 2.05) is 18.2 Å². The Kier molecular flexibility index (Phi) is 4.94. The molecule has 0 spiro atoms. The Morgan fingerprint density at radius 2 is 2.00 bits per heavy atom. The van der Waals surface area contributed by atoms with E-state index in [-0.39, 0.29) is 0 Å². The van der Waals surface area contributed by atoms with Crippen molar-refractivity contribution < 1.29 is 4.39 Å². The number of rotatable bonds is 1. The smallest absolute Gasteiger partial charge is 0.257 e. The number of fused-ring (bicyclic) bond motifs is 4. The summed E-state index contributed by atoms with van der Waals surface area (Å²) in [5.41, 5.74) is 2.75. The molecule has 0 radical (unpaired) electrons. The van der Waals surface area contributed by atoms with Gasteiger partial charge in [-0.2, -0.15) is 10.2 Å². The number of hydrogen-bond acceptors (Lipinski definition) is 6. The van der Waals surface area contributed by atoms with Crippen molar-refractivity contribution in [2.45, 2.75) is 40.0 Å². The van der Waals surface area contributed by atoms with Crippen molar-refractivity contribution in [2.24, 2.45) is 5.41 Å². The highest BCUT2D eigenvalue weighted by Crippen LogP contribution is 2.38. The van der Waals surface area contributed by atoms with Gasteiger partial charge in [0.25, 0.3) is 5.78 Å². The summed E-state index contributed by atoms with van der Waals surface area (Å²) in [6.45, 7) is 6.09. The number of nitriles is 1. The lowest BCUT2D eigenvalue weighted by Crippen LogP contribution is -2.21. The standard InChI is InChI=1S/C25H22FN7/c1-16-30-31-24-29-23(22-19(26)13-28-14-21(22)33(16)24)32-12-5-4-8-18-17(7-6-9-20(18)32)10-11-25(2,3)15-27/h6-7,9,13-14H,4-5,8,12H2,1-3H3. The lowest BCUT2D eigenvalue weighted by atomic mass is 9.95. The van der Waals surface area contributed by atoms with Crippen molar-refractivity contribution in [1.29, 1.82) is 5.26 Å². The Bertz CT molecular complexity index is 1500. The zero-order chi connectivity index (χ0) is 23.2. The van der Waals surface area contributed by atoms with Gasteiger partial charge >= 0.3 is 0 Å². The minimum Gasteiger partial charge on any atom is -0.325 e. The molecule has 0 unspecified atom stereocenters. The normalized spacial score (nSPS) is 13.8. The van der Waals surface area contributed by atoms with E-state index in [4.69, 9.17) is 4.98 Å². The first-order valence-corrected chi connectivity index (χ1v) is 10.9. The zero-order valence-corrected chi connectivity index (χ0v) is 18.7. The SMILES string of the molecule is Cc1nnc2nc(N3CCCCc4c(C#CC(C)(C)C#N)cccc43)c3c(F)cncc3n12. The summed E-state index contributed by atoms with van der Waals surface area (Å²) in [4.78, 5) is 10.9. The van der Waals surface area contributed by atoms with E-state index in [1.54, 1.807) is 31.4 Å². The Morgan fingerprint density at radius 1 is 1.15 bits per heavy atom. The molecule has 0 N–H and O–H groups in total. The van der Waals surface area contributed by atoms with Crippen LogP contribution in [0, 0.1) is 41.3 Å². The van der Waals surface area contributed by atoms with Crippen LogP contribution in [-0.4, -0.2) is 31.1 Å². The molecule has 0 saturated heterocycles. The van der Waals surface area contributed by atoms with Gasteiger partial charge in [-0.3, -0.25) is 9.38 Å². The maximum Gasteiger partial charge on any atom is 0.257 e. The first-order chi connectivity index (χ1) is 15.9. The minimum atomic E-state index is -0.738. The molecule has 3 aromatic heterocycles. The fourth-order valence-corrected chi connectivity index (χ4v) is 4.24. The van der Waals surface area contributed by atoms with E-state index in [9.17, 15) is 5.26 Å². The van der Waals surface area contributed by atoms with E-state index in [1.165, 1.54) is 6.20 Å². The zero-order valence-electron chi connectivity index (χ0n) is 18.7. The molecule has 1 aromatic carbocycles. The average Bonchev–Trinajstić information content (AvgIpc) is 3.05. The fraction of sp³-hybridized carbons (Fsp3) is 0.320. The monoisotopic (exact) mass is 439 g/mol. The summed E-state index contributed by atoms with van der Waals surface area (Å²) in [5, 5.41) is 18.0. The van der Waals surface area contributed by atoms with Crippen molar-refractivity contribution in [2.75, 3.05) is 11.4 Å². The maximum atomic E-state index is 15.2. The summed E-state index contributed by atoms with van der Waals surface area (Å²) < 4.78 is 16.9. The van der Waals surface area contributed by atoms with Gasteiger partial charge in [0.2, 0.25) is 0 Å². The van der Waals surface area contributed by atoms with Crippen LogP contribution in [0.2, 0.25) is 0 Å². The molecule has 4 heterocycles. The fourth-order valence-electron chi connectivity index (χ4n) is 4.24. The molecular weight excluding hydrogens is 417 g/mol. The van der Waals surface area contributed by atoms with Crippen LogP contribution in [0.25, 0.3) is 16.7 Å². The first-order valence-electron chi connectivity index (χ1n) is 10.9. The van der Waals surface area contributed by atoms with Crippen LogP contribution in [0.5, 0.6) is 0 Å². The predicted octanol–water partition coefficient (Wildman–Crippen LogP) is 4.50. The number of aromatic nitrogens is 5. The molecule has 4 aromatic rings. The van der Waals surface area contributed by atoms with Crippen molar-refractivity contribution in [3.63, 3.8) is 0 Å². The number of hydrogen-bond donors (Lipinski definition) is 0. The molecule has 7 nitrogen and oxygen atoms in total.